The average Bonchev–Trinajstić information content (AvgIpc) is 2.81. The first-order valence-electron chi connectivity index (χ1n) is 9.87. The SMILES string of the molecule is COc1cc(/C=C/C(=O)OC(C)C(=O)Nc2cccc3ccccc23)ccc1OCC#N. The van der Waals surface area contributed by atoms with Crippen LogP contribution in [-0.4, -0.2) is 31.7 Å². The number of anilines is 1. The number of ether oxygens (including phenoxy) is 3. The number of rotatable bonds is 8. The number of nitriles is 1. The maximum absolute atomic E-state index is 12.5. The number of methoxy groups -OCH3 is 1. The summed E-state index contributed by atoms with van der Waals surface area (Å²) in [5.41, 5.74) is 1.31. The second kappa shape index (κ2) is 10.6. The van der Waals surface area contributed by atoms with Crippen LogP contribution in [0.25, 0.3) is 16.8 Å². The van der Waals surface area contributed by atoms with Crippen molar-refractivity contribution in [2.45, 2.75) is 13.0 Å². The fraction of sp³-hybridized carbons (Fsp3) is 0.160. The Morgan fingerprint density at radius 1 is 1.09 bits per heavy atom. The van der Waals surface area contributed by atoms with Crippen LogP contribution in [0.4, 0.5) is 5.69 Å². The van der Waals surface area contributed by atoms with Gasteiger partial charge >= 0.3 is 5.97 Å². The van der Waals surface area contributed by atoms with Gasteiger partial charge in [-0.25, -0.2) is 4.79 Å². The number of carbonyl (C=O) groups is 2. The molecule has 0 aliphatic carbocycles. The van der Waals surface area contributed by atoms with E-state index < -0.39 is 18.0 Å². The number of nitrogens with one attached hydrogen (secondary N) is 1. The zero-order valence-corrected chi connectivity index (χ0v) is 17.7. The van der Waals surface area contributed by atoms with Gasteiger partial charge in [0.25, 0.3) is 5.91 Å². The van der Waals surface area contributed by atoms with Gasteiger partial charge in [0.1, 0.15) is 6.07 Å². The standard InChI is InChI=1S/C25H22N2O5/c1-17(25(29)27-21-9-5-7-19-6-3-4-8-20(19)21)32-24(28)13-11-18-10-12-22(31-15-14-26)23(16-18)30-2/h3-13,16-17H,15H2,1-2H3,(H,27,29)/b13-11+. The number of nitrogens with zero attached hydrogens (tertiary/aromatic N) is 1. The summed E-state index contributed by atoms with van der Waals surface area (Å²) in [5.74, 6) is -0.232. The minimum atomic E-state index is -0.984. The minimum Gasteiger partial charge on any atom is -0.493 e. The molecule has 162 valence electrons. The summed E-state index contributed by atoms with van der Waals surface area (Å²) in [6, 6.07) is 20.2. The Morgan fingerprint density at radius 3 is 2.66 bits per heavy atom. The van der Waals surface area contributed by atoms with Gasteiger partial charge in [-0.15, -0.1) is 0 Å². The van der Waals surface area contributed by atoms with Crippen molar-refractivity contribution in [2.24, 2.45) is 0 Å². The van der Waals surface area contributed by atoms with Crippen LogP contribution >= 0.6 is 0 Å². The first-order chi connectivity index (χ1) is 15.5. The monoisotopic (exact) mass is 430 g/mol. The molecule has 0 heterocycles. The van der Waals surface area contributed by atoms with Crippen LogP contribution in [0.2, 0.25) is 0 Å². The summed E-state index contributed by atoms with van der Waals surface area (Å²) >= 11 is 0. The Morgan fingerprint density at radius 2 is 1.88 bits per heavy atom. The lowest BCUT2D eigenvalue weighted by Crippen LogP contribution is -2.29. The fourth-order valence-electron chi connectivity index (χ4n) is 3.02. The lowest BCUT2D eigenvalue weighted by molar-refractivity contribution is -0.148. The van der Waals surface area contributed by atoms with Gasteiger partial charge in [-0.2, -0.15) is 5.26 Å². The van der Waals surface area contributed by atoms with E-state index in [1.165, 1.54) is 26.2 Å². The molecular weight excluding hydrogens is 408 g/mol. The molecule has 1 amide bonds. The van der Waals surface area contributed by atoms with Gasteiger partial charge in [0.2, 0.25) is 0 Å². The van der Waals surface area contributed by atoms with Crippen LogP contribution in [0.15, 0.2) is 66.7 Å². The Labute approximate surface area is 185 Å². The van der Waals surface area contributed by atoms with Crippen molar-refractivity contribution in [1.82, 2.24) is 0 Å². The summed E-state index contributed by atoms with van der Waals surface area (Å²) < 4.78 is 15.7. The molecule has 1 N–H and O–H groups in total. The molecule has 0 saturated carbocycles. The summed E-state index contributed by atoms with van der Waals surface area (Å²) in [6.45, 7) is 1.41. The molecule has 0 bridgehead atoms. The zero-order valence-electron chi connectivity index (χ0n) is 17.7. The fourth-order valence-corrected chi connectivity index (χ4v) is 3.02. The van der Waals surface area contributed by atoms with Gasteiger partial charge in [-0.3, -0.25) is 4.79 Å². The maximum atomic E-state index is 12.5. The van der Waals surface area contributed by atoms with E-state index in [0.717, 1.165) is 10.8 Å². The molecule has 0 saturated heterocycles. The molecule has 1 unspecified atom stereocenters. The molecule has 0 fully saturated rings. The van der Waals surface area contributed by atoms with E-state index in [0.29, 0.717) is 22.7 Å². The third kappa shape index (κ3) is 5.64. The Bertz CT molecular complexity index is 1190. The number of hydrogen-bond donors (Lipinski definition) is 1. The molecule has 0 aromatic heterocycles. The Hall–Kier alpha value is -4.31. The van der Waals surface area contributed by atoms with Crippen molar-refractivity contribution in [3.05, 3.63) is 72.3 Å². The van der Waals surface area contributed by atoms with Gasteiger partial charge in [-0.05, 0) is 42.1 Å². The number of benzene rings is 3. The van der Waals surface area contributed by atoms with Crippen LogP contribution in [0.3, 0.4) is 0 Å². The van der Waals surface area contributed by atoms with Gasteiger partial charge in [0.05, 0.1) is 7.11 Å². The summed E-state index contributed by atoms with van der Waals surface area (Å²) in [6.07, 6.45) is 1.78. The van der Waals surface area contributed by atoms with Crippen molar-refractivity contribution in [3.8, 4) is 17.6 Å². The second-order valence-electron chi connectivity index (χ2n) is 6.79. The quantitative estimate of drug-likeness (QED) is 0.422. The van der Waals surface area contributed by atoms with Crippen molar-refractivity contribution in [3.63, 3.8) is 0 Å². The van der Waals surface area contributed by atoms with Crippen LogP contribution in [0.1, 0.15) is 12.5 Å². The van der Waals surface area contributed by atoms with E-state index in [2.05, 4.69) is 5.32 Å². The number of amides is 1. The Balaban J connectivity index is 1.61. The van der Waals surface area contributed by atoms with E-state index in [-0.39, 0.29) is 6.61 Å². The first kappa shape index (κ1) is 22.4. The van der Waals surface area contributed by atoms with Crippen molar-refractivity contribution < 1.29 is 23.8 Å². The Kier molecular flexibility index (Phi) is 7.44. The van der Waals surface area contributed by atoms with Crippen LogP contribution in [0.5, 0.6) is 11.5 Å². The molecule has 32 heavy (non-hydrogen) atoms. The number of esters is 1. The molecule has 3 aromatic rings. The lowest BCUT2D eigenvalue weighted by atomic mass is 10.1. The summed E-state index contributed by atoms with van der Waals surface area (Å²) in [4.78, 5) is 24.7. The molecule has 3 rings (SSSR count). The second-order valence-corrected chi connectivity index (χ2v) is 6.79. The molecular formula is C25H22N2O5. The van der Waals surface area contributed by atoms with Gasteiger partial charge in [0.15, 0.2) is 24.2 Å². The number of fused-ring (bicyclic) bond motifs is 1. The predicted octanol–water partition coefficient (Wildman–Crippen LogP) is 4.33. The third-order valence-corrected chi connectivity index (χ3v) is 4.60. The lowest BCUT2D eigenvalue weighted by Gasteiger charge is -2.14. The van der Waals surface area contributed by atoms with E-state index in [1.54, 1.807) is 24.3 Å². The predicted molar refractivity (Wildman–Crippen MR) is 121 cm³/mol. The van der Waals surface area contributed by atoms with Gasteiger partial charge in [-0.1, -0.05) is 42.5 Å². The highest BCUT2D eigenvalue weighted by Crippen LogP contribution is 2.28. The molecule has 7 heteroatoms. The molecule has 0 aliphatic heterocycles. The molecule has 0 radical (unpaired) electrons. The molecule has 0 spiro atoms. The molecule has 7 nitrogen and oxygen atoms in total. The minimum absolute atomic E-state index is 0.101. The summed E-state index contributed by atoms with van der Waals surface area (Å²) in [5, 5.41) is 13.3. The molecule has 3 aromatic carbocycles. The number of carbonyl (C=O) groups excluding carboxylic acids is 2. The zero-order chi connectivity index (χ0) is 22.9. The van der Waals surface area contributed by atoms with E-state index in [4.69, 9.17) is 19.5 Å². The average molecular weight is 430 g/mol. The highest BCUT2D eigenvalue weighted by molar-refractivity contribution is 6.04. The van der Waals surface area contributed by atoms with Crippen LogP contribution in [0, 0.1) is 11.3 Å². The van der Waals surface area contributed by atoms with Crippen molar-refractivity contribution in [2.75, 3.05) is 19.0 Å². The highest BCUT2D eigenvalue weighted by Gasteiger charge is 2.17. The van der Waals surface area contributed by atoms with Gasteiger partial charge < -0.3 is 19.5 Å². The highest BCUT2D eigenvalue weighted by atomic mass is 16.5. The van der Waals surface area contributed by atoms with Crippen LogP contribution in [-0.2, 0) is 14.3 Å². The largest absolute Gasteiger partial charge is 0.493 e. The summed E-state index contributed by atoms with van der Waals surface area (Å²) in [7, 11) is 1.48. The van der Waals surface area contributed by atoms with E-state index in [1.807, 2.05) is 42.5 Å². The molecule has 0 aliphatic rings. The number of hydrogen-bond acceptors (Lipinski definition) is 6. The van der Waals surface area contributed by atoms with Crippen LogP contribution < -0.4 is 14.8 Å². The van der Waals surface area contributed by atoms with Crippen molar-refractivity contribution >= 4 is 34.4 Å². The van der Waals surface area contributed by atoms with E-state index >= 15 is 0 Å². The third-order valence-electron chi connectivity index (χ3n) is 4.60. The molecule has 1 atom stereocenters. The maximum Gasteiger partial charge on any atom is 0.331 e. The topological polar surface area (TPSA) is 97.7 Å². The van der Waals surface area contributed by atoms with Crippen molar-refractivity contribution in [1.29, 1.82) is 5.26 Å². The first-order valence-corrected chi connectivity index (χ1v) is 9.87. The van der Waals surface area contributed by atoms with E-state index in [9.17, 15) is 9.59 Å². The normalized spacial score (nSPS) is 11.5. The van der Waals surface area contributed by atoms with Gasteiger partial charge in [0, 0.05) is 17.1 Å². The smallest absolute Gasteiger partial charge is 0.331 e.